The predicted molar refractivity (Wildman–Crippen MR) is 148 cm³/mol. The average Bonchev–Trinajstić information content (AvgIpc) is 3.30. The fourth-order valence-corrected chi connectivity index (χ4v) is 5.03. The molecule has 0 fully saturated rings. The average molecular weight is 564 g/mol. The van der Waals surface area contributed by atoms with E-state index >= 15 is 0 Å². The molecule has 4 N–H and O–H groups in total. The van der Waals surface area contributed by atoms with E-state index in [9.17, 15) is 14.4 Å². The van der Waals surface area contributed by atoms with E-state index in [0.29, 0.717) is 40.2 Å². The third-order valence-electron chi connectivity index (χ3n) is 5.27. The van der Waals surface area contributed by atoms with E-state index in [1.165, 1.54) is 11.3 Å². The van der Waals surface area contributed by atoms with Gasteiger partial charge in [-0.3, -0.25) is 9.59 Å². The van der Waals surface area contributed by atoms with Gasteiger partial charge >= 0.3 is 12.0 Å². The van der Waals surface area contributed by atoms with Crippen LogP contribution in [0.25, 0.3) is 0 Å². The fourth-order valence-electron chi connectivity index (χ4n) is 3.55. The first-order valence-electron chi connectivity index (χ1n) is 11.7. The second-order valence-corrected chi connectivity index (χ2v) is 10.8. The summed E-state index contributed by atoms with van der Waals surface area (Å²) in [6, 6.07) is 11.1. The molecule has 1 aromatic heterocycles. The minimum Gasteiger partial charge on any atom is -0.481 e. The first-order valence-corrected chi connectivity index (χ1v) is 13.2. The van der Waals surface area contributed by atoms with Crippen molar-refractivity contribution in [3.8, 4) is 0 Å². The number of aliphatic carboxylic acids is 1. The molecule has 196 valence electrons. The van der Waals surface area contributed by atoms with Gasteiger partial charge in [-0.05, 0) is 48.6 Å². The Morgan fingerprint density at radius 2 is 1.70 bits per heavy atom. The molecule has 11 heteroatoms. The van der Waals surface area contributed by atoms with Gasteiger partial charge in [0, 0.05) is 16.8 Å². The number of urea groups is 1. The van der Waals surface area contributed by atoms with Crippen molar-refractivity contribution < 1.29 is 19.5 Å². The molecular formula is C26H28Cl2N4O4S. The molecule has 0 aliphatic carbocycles. The van der Waals surface area contributed by atoms with Crippen LogP contribution in [0.1, 0.15) is 48.2 Å². The number of carboxylic acids is 1. The highest BCUT2D eigenvalue weighted by molar-refractivity contribution is 7.11. The lowest BCUT2D eigenvalue weighted by molar-refractivity contribution is -0.137. The van der Waals surface area contributed by atoms with E-state index in [2.05, 4.69) is 34.8 Å². The maximum absolute atomic E-state index is 12.8. The van der Waals surface area contributed by atoms with Gasteiger partial charge in [0.1, 0.15) is 5.01 Å². The summed E-state index contributed by atoms with van der Waals surface area (Å²) < 4.78 is 0. The minimum absolute atomic E-state index is 0.0447. The van der Waals surface area contributed by atoms with Crippen molar-refractivity contribution in [2.45, 2.75) is 45.6 Å². The van der Waals surface area contributed by atoms with E-state index in [1.807, 2.05) is 0 Å². The summed E-state index contributed by atoms with van der Waals surface area (Å²) in [7, 11) is 0. The van der Waals surface area contributed by atoms with E-state index in [0.717, 1.165) is 15.4 Å². The topological polar surface area (TPSA) is 120 Å². The molecule has 2 aromatic carbocycles. The summed E-state index contributed by atoms with van der Waals surface area (Å²) >= 11 is 13.6. The van der Waals surface area contributed by atoms with Crippen LogP contribution in [0.3, 0.4) is 0 Å². The second-order valence-electron chi connectivity index (χ2n) is 8.86. The largest absolute Gasteiger partial charge is 0.481 e. The van der Waals surface area contributed by atoms with Gasteiger partial charge in [-0.15, -0.1) is 11.3 Å². The number of nitrogens with one attached hydrogen (secondary N) is 3. The van der Waals surface area contributed by atoms with Crippen LogP contribution >= 0.6 is 34.5 Å². The number of carboxylic acid groups (broad SMARTS) is 1. The number of hydrogen-bond acceptors (Lipinski definition) is 5. The van der Waals surface area contributed by atoms with Crippen molar-refractivity contribution in [3.05, 3.63) is 74.2 Å². The highest BCUT2D eigenvalue weighted by Crippen LogP contribution is 2.30. The zero-order valence-electron chi connectivity index (χ0n) is 20.4. The number of hydrogen-bond donors (Lipinski definition) is 4. The van der Waals surface area contributed by atoms with Gasteiger partial charge in [0.2, 0.25) is 5.91 Å². The number of nitrogens with zero attached hydrogens (tertiary/aromatic N) is 1. The maximum Gasteiger partial charge on any atom is 0.323 e. The van der Waals surface area contributed by atoms with E-state index in [4.69, 9.17) is 28.3 Å². The number of aryl methyl sites for hydroxylation is 1. The third-order valence-corrected chi connectivity index (χ3v) is 7.08. The number of carbonyl (C=O) groups is 3. The molecule has 1 heterocycles. The zero-order chi connectivity index (χ0) is 26.9. The van der Waals surface area contributed by atoms with Crippen LogP contribution in [0.2, 0.25) is 10.0 Å². The molecule has 37 heavy (non-hydrogen) atoms. The Bertz CT molecular complexity index is 1230. The highest BCUT2D eigenvalue weighted by atomic mass is 35.5. The number of benzene rings is 2. The van der Waals surface area contributed by atoms with Crippen LogP contribution < -0.4 is 16.0 Å². The normalized spacial score (nSPS) is 11.7. The molecule has 0 aliphatic heterocycles. The molecule has 3 amide bonds. The van der Waals surface area contributed by atoms with Gasteiger partial charge in [0.25, 0.3) is 0 Å². The zero-order valence-corrected chi connectivity index (χ0v) is 22.7. The van der Waals surface area contributed by atoms with Crippen LogP contribution in [0.5, 0.6) is 0 Å². The van der Waals surface area contributed by atoms with Gasteiger partial charge in [0.05, 0.1) is 34.6 Å². The van der Waals surface area contributed by atoms with Crippen molar-refractivity contribution >= 4 is 63.8 Å². The number of anilines is 2. The molecule has 0 radical (unpaired) electrons. The van der Waals surface area contributed by atoms with Gasteiger partial charge < -0.3 is 21.1 Å². The van der Waals surface area contributed by atoms with Gasteiger partial charge in [0.15, 0.2) is 0 Å². The molecule has 0 aliphatic rings. The van der Waals surface area contributed by atoms with Crippen LogP contribution in [0.15, 0.2) is 48.7 Å². The van der Waals surface area contributed by atoms with Gasteiger partial charge in [-0.25, -0.2) is 9.78 Å². The lowest BCUT2D eigenvalue weighted by Crippen LogP contribution is -2.30. The van der Waals surface area contributed by atoms with Crippen molar-refractivity contribution in [1.29, 1.82) is 0 Å². The Kier molecular flexibility index (Phi) is 10.3. The Hall–Kier alpha value is -3.14. The lowest BCUT2D eigenvalue weighted by atomic mass is 10.0. The molecule has 1 unspecified atom stereocenters. The van der Waals surface area contributed by atoms with E-state index in [1.54, 1.807) is 48.7 Å². The molecule has 0 saturated heterocycles. The van der Waals surface area contributed by atoms with Gasteiger partial charge in [-0.2, -0.15) is 0 Å². The molecular weight excluding hydrogens is 535 g/mol. The molecule has 0 bridgehead atoms. The second kappa shape index (κ2) is 13.4. The fraction of sp³-hybridized carbons (Fsp3) is 0.308. The number of aromatic nitrogens is 1. The summed E-state index contributed by atoms with van der Waals surface area (Å²) in [4.78, 5) is 41.3. The summed E-state index contributed by atoms with van der Waals surface area (Å²) in [5.74, 6) is -0.678. The first kappa shape index (κ1) is 28.4. The van der Waals surface area contributed by atoms with E-state index in [-0.39, 0.29) is 24.8 Å². The van der Waals surface area contributed by atoms with Crippen LogP contribution in [-0.2, 0) is 22.4 Å². The van der Waals surface area contributed by atoms with E-state index < -0.39 is 12.0 Å². The number of thiazole rings is 1. The summed E-state index contributed by atoms with van der Waals surface area (Å²) in [6.45, 7) is 4.14. The predicted octanol–water partition coefficient (Wildman–Crippen LogP) is 6.56. The Morgan fingerprint density at radius 3 is 2.32 bits per heavy atom. The monoisotopic (exact) mass is 562 g/mol. The Labute approximate surface area is 229 Å². The number of amides is 3. The standard InChI is InChI=1S/C26H28Cl2N4O4S/c1-15(2)12-21(25-29-14-18(37-25)10-11-23(34)35)31-22(33)13-16-6-8-17(9-7-16)30-26(36)32-24-19(27)4-3-5-20(24)28/h3-9,14-15,21H,10-13H2,1-2H3,(H,31,33)(H,34,35)(H2,30,32,36). The molecule has 3 aromatic rings. The molecule has 8 nitrogen and oxygen atoms in total. The van der Waals surface area contributed by atoms with Crippen molar-refractivity contribution in [2.75, 3.05) is 10.6 Å². The number of rotatable bonds is 11. The molecule has 0 saturated carbocycles. The van der Waals surface area contributed by atoms with Gasteiger partial charge in [-0.1, -0.05) is 55.2 Å². The first-order chi connectivity index (χ1) is 17.6. The number of para-hydroxylation sites is 1. The summed E-state index contributed by atoms with van der Waals surface area (Å²) in [5, 5.41) is 18.7. The number of carbonyl (C=O) groups excluding carboxylic acids is 2. The molecule has 1 atom stereocenters. The number of halogens is 2. The van der Waals surface area contributed by atoms with Crippen LogP contribution in [0.4, 0.5) is 16.2 Å². The minimum atomic E-state index is -0.853. The lowest BCUT2D eigenvalue weighted by Gasteiger charge is -2.18. The SMILES string of the molecule is CC(C)CC(NC(=O)Cc1ccc(NC(=O)Nc2c(Cl)cccc2Cl)cc1)c1ncc(CCC(=O)O)s1. The molecule has 3 rings (SSSR count). The van der Waals surface area contributed by atoms with Crippen molar-refractivity contribution in [3.63, 3.8) is 0 Å². The summed E-state index contributed by atoms with van der Waals surface area (Å²) in [6.07, 6.45) is 3.02. The van der Waals surface area contributed by atoms with Crippen LogP contribution in [-0.4, -0.2) is 28.0 Å². The Morgan fingerprint density at radius 1 is 1.03 bits per heavy atom. The van der Waals surface area contributed by atoms with Crippen molar-refractivity contribution in [1.82, 2.24) is 10.3 Å². The summed E-state index contributed by atoms with van der Waals surface area (Å²) in [5.41, 5.74) is 1.64. The molecule has 0 spiro atoms. The quantitative estimate of drug-likeness (QED) is 0.211. The maximum atomic E-state index is 12.8. The third kappa shape index (κ3) is 9.03. The van der Waals surface area contributed by atoms with Crippen molar-refractivity contribution in [2.24, 2.45) is 5.92 Å². The Balaban J connectivity index is 1.57. The highest BCUT2D eigenvalue weighted by Gasteiger charge is 2.20. The smallest absolute Gasteiger partial charge is 0.323 e. The van der Waals surface area contributed by atoms with Crippen LogP contribution in [0, 0.1) is 5.92 Å².